The first-order valence-electron chi connectivity index (χ1n) is 2.86. The van der Waals surface area contributed by atoms with E-state index in [4.69, 9.17) is 6.42 Å². The Kier molecular flexibility index (Phi) is 3.54. The molecular weight excluding hydrogens is 116 g/mol. The molecule has 0 heterocycles. The predicted octanol–water partition coefficient (Wildman–Crippen LogP) is 0.993. The third-order valence-electron chi connectivity index (χ3n) is 1.14. The molecule has 0 N–H and O–H groups in total. The second kappa shape index (κ2) is 3.96. The van der Waals surface area contributed by atoms with Gasteiger partial charge in [0, 0.05) is 5.92 Å². The van der Waals surface area contributed by atoms with Crippen LogP contribution in [-0.2, 0) is 9.90 Å². The Morgan fingerprint density at radius 2 is 2.33 bits per heavy atom. The molecule has 0 aromatic heterocycles. The Labute approximate surface area is 54.9 Å². The summed E-state index contributed by atoms with van der Waals surface area (Å²) in [4.78, 5) is 9.92. The summed E-state index contributed by atoms with van der Waals surface area (Å²) in [6.45, 7) is 1.85. The van der Waals surface area contributed by atoms with Crippen LogP contribution in [0, 0.1) is 18.3 Å². The zero-order valence-electron chi connectivity index (χ0n) is 5.39. The first-order chi connectivity index (χ1) is 4.20. The minimum Gasteiger partial charge on any atom is -0.247 e. The van der Waals surface area contributed by atoms with Crippen molar-refractivity contribution in [2.75, 3.05) is 0 Å². The number of terminal acetylenes is 1. The number of hydrogen-bond acceptors (Lipinski definition) is 1. The molecule has 1 radical (unpaired) electrons. The lowest BCUT2D eigenvalue weighted by molar-refractivity contribution is -0.143. The standard InChI is InChI=1S/C7H9O2/c1-3-6(4-2)5-7(8)9/h1,6H,4-5H2,2H3. The molecule has 2 heteroatoms. The SMILES string of the molecule is C#CC(CC)CC([O])=O. The highest BCUT2D eigenvalue weighted by Crippen LogP contribution is 2.05. The third-order valence-corrected chi connectivity index (χ3v) is 1.14. The van der Waals surface area contributed by atoms with Crippen LogP contribution in [0.5, 0.6) is 0 Å². The van der Waals surface area contributed by atoms with Gasteiger partial charge in [-0.15, -0.1) is 12.3 Å². The molecular formula is C7H9O2. The third kappa shape index (κ3) is 3.60. The first-order valence-corrected chi connectivity index (χ1v) is 2.86. The van der Waals surface area contributed by atoms with Crippen molar-refractivity contribution in [2.45, 2.75) is 19.8 Å². The van der Waals surface area contributed by atoms with Gasteiger partial charge in [-0.3, -0.25) is 0 Å². The topological polar surface area (TPSA) is 37.0 Å². The largest absolute Gasteiger partial charge is 0.356 e. The highest BCUT2D eigenvalue weighted by Gasteiger charge is 2.07. The summed E-state index contributed by atoms with van der Waals surface area (Å²) >= 11 is 0. The average molecular weight is 125 g/mol. The van der Waals surface area contributed by atoms with E-state index in [0.29, 0.717) is 6.42 Å². The van der Waals surface area contributed by atoms with Crippen molar-refractivity contribution in [1.82, 2.24) is 0 Å². The van der Waals surface area contributed by atoms with Crippen LogP contribution in [0.25, 0.3) is 0 Å². The van der Waals surface area contributed by atoms with E-state index in [-0.39, 0.29) is 12.3 Å². The van der Waals surface area contributed by atoms with Gasteiger partial charge >= 0.3 is 5.97 Å². The molecule has 0 saturated carbocycles. The molecule has 9 heavy (non-hydrogen) atoms. The Morgan fingerprint density at radius 1 is 1.78 bits per heavy atom. The Morgan fingerprint density at radius 3 is 2.44 bits per heavy atom. The van der Waals surface area contributed by atoms with Gasteiger partial charge in [0.1, 0.15) is 0 Å². The van der Waals surface area contributed by atoms with Crippen LogP contribution in [0.1, 0.15) is 19.8 Å². The molecule has 0 amide bonds. The molecule has 0 spiro atoms. The molecule has 0 aromatic carbocycles. The smallest absolute Gasteiger partial charge is 0.247 e. The molecule has 0 saturated heterocycles. The minimum atomic E-state index is -1.07. The van der Waals surface area contributed by atoms with E-state index in [1.165, 1.54) is 0 Å². The molecule has 1 atom stereocenters. The molecule has 49 valence electrons. The lowest BCUT2D eigenvalue weighted by Crippen LogP contribution is -2.02. The fourth-order valence-electron chi connectivity index (χ4n) is 0.522. The van der Waals surface area contributed by atoms with Crippen molar-refractivity contribution in [3.05, 3.63) is 0 Å². The van der Waals surface area contributed by atoms with Gasteiger partial charge in [0.05, 0.1) is 6.42 Å². The number of carbonyl (C=O) groups is 1. The molecule has 0 aliphatic carbocycles. The summed E-state index contributed by atoms with van der Waals surface area (Å²) in [6.07, 6.45) is 5.67. The number of rotatable bonds is 3. The van der Waals surface area contributed by atoms with Crippen LogP contribution in [0.4, 0.5) is 0 Å². The van der Waals surface area contributed by atoms with E-state index < -0.39 is 5.97 Å². The van der Waals surface area contributed by atoms with Crippen LogP contribution in [0.2, 0.25) is 0 Å². The van der Waals surface area contributed by atoms with Gasteiger partial charge in [0.15, 0.2) is 0 Å². The van der Waals surface area contributed by atoms with E-state index in [9.17, 15) is 9.90 Å². The monoisotopic (exact) mass is 125 g/mol. The van der Waals surface area contributed by atoms with Crippen molar-refractivity contribution in [3.63, 3.8) is 0 Å². The van der Waals surface area contributed by atoms with Gasteiger partial charge in [-0.1, -0.05) is 6.92 Å². The first kappa shape index (κ1) is 8.03. The van der Waals surface area contributed by atoms with E-state index in [1.54, 1.807) is 0 Å². The van der Waals surface area contributed by atoms with E-state index in [2.05, 4.69) is 5.92 Å². The van der Waals surface area contributed by atoms with E-state index in [1.807, 2.05) is 6.92 Å². The summed E-state index contributed by atoms with van der Waals surface area (Å²) in [5.41, 5.74) is 0. The highest BCUT2D eigenvalue weighted by atomic mass is 16.4. The van der Waals surface area contributed by atoms with Crippen molar-refractivity contribution in [2.24, 2.45) is 5.92 Å². The second-order valence-corrected chi connectivity index (χ2v) is 1.85. The number of hydrogen-bond donors (Lipinski definition) is 0. The van der Waals surface area contributed by atoms with E-state index >= 15 is 0 Å². The minimum absolute atomic E-state index is 0.0208. The van der Waals surface area contributed by atoms with Gasteiger partial charge in [-0.25, -0.2) is 9.90 Å². The normalized spacial score (nSPS) is 12.0. The van der Waals surface area contributed by atoms with Crippen LogP contribution in [-0.4, -0.2) is 5.97 Å². The van der Waals surface area contributed by atoms with Crippen LogP contribution in [0.15, 0.2) is 0 Å². The van der Waals surface area contributed by atoms with Crippen LogP contribution >= 0.6 is 0 Å². The lowest BCUT2D eigenvalue weighted by Gasteiger charge is -1.99. The zero-order valence-corrected chi connectivity index (χ0v) is 5.39. The molecule has 0 aliphatic rings. The van der Waals surface area contributed by atoms with Gasteiger partial charge < -0.3 is 0 Å². The quantitative estimate of drug-likeness (QED) is 0.518. The summed E-state index contributed by atoms with van der Waals surface area (Å²) in [5.74, 6) is 1.14. The molecule has 2 nitrogen and oxygen atoms in total. The van der Waals surface area contributed by atoms with Gasteiger partial charge in [0.25, 0.3) is 0 Å². The highest BCUT2D eigenvalue weighted by molar-refractivity contribution is 5.67. The molecule has 1 unspecified atom stereocenters. The van der Waals surface area contributed by atoms with Gasteiger partial charge in [0.2, 0.25) is 0 Å². The Hall–Kier alpha value is -0.970. The van der Waals surface area contributed by atoms with Crippen molar-refractivity contribution in [3.8, 4) is 12.3 Å². The summed E-state index contributed by atoms with van der Waals surface area (Å²) in [7, 11) is 0. The number of carbonyl (C=O) groups excluding carboxylic acids is 1. The average Bonchev–Trinajstić information content (AvgIpc) is 1.82. The lowest BCUT2D eigenvalue weighted by atomic mass is 10.0. The van der Waals surface area contributed by atoms with E-state index in [0.717, 1.165) is 0 Å². The maximum Gasteiger partial charge on any atom is 0.356 e. The Bertz CT molecular complexity index is 132. The Balaban J connectivity index is 3.60. The van der Waals surface area contributed by atoms with Crippen molar-refractivity contribution < 1.29 is 9.90 Å². The summed E-state index contributed by atoms with van der Waals surface area (Å²) < 4.78 is 0. The predicted molar refractivity (Wildman–Crippen MR) is 32.9 cm³/mol. The van der Waals surface area contributed by atoms with Gasteiger partial charge in [-0.2, -0.15) is 0 Å². The maximum absolute atomic E-state index is 9.92. The maximum atomic E-state index is 9.92. The van der Waals surface area contributed by atoms with Crippen LogP contribution < -0.4 is 0 Å². The fraction of sp³-hybridized carbons (Fsp3) is 0.571. The summed E-state index contributed by atoms with van der Waals surface area (Å²) in [5, 5.41) is 9.92. The zero-order chi connectivity index (χ0) is 7.28. The van der Waals surface area contributed by atoms with Crippen molar-refractivity contribution >= 4 is 5.97 Å². The van der Waals surface area contributed by atoms with Gasteiger partial charge in [-0.05, 0) is 6.42 Å². The van der Waals surface area contributed by atoms with Crippen molar-refractivity contribution in [1.29, 1.82) is 0 Å². The second-order valence-electron chi connectivity index (χ2n) is 1.85. The molecule has 0 rings (SSSR count). The van der Waals surface area contributed by atoms with Crippen LogP contribution in [0.3, 0.4) is 0 Å². The summed E-state index contributed by atoms with van der Waals surface area (Å²) in [6, 6.07) is 0. The molecule has 0 aliphatic heterocycles. The molecule has 0 bridgehead atoms. The molecule has 0 fully saturated rings. The molecule has 0 aromatic rings. The fourth-order valence-corrected chi connectivity index (χ4v) is 0.522.